The van der Waals surface area contributed by atoms with Crippen molar-refractivity contribution in [2.45, 2.75) is 51.1 Å². The van der Waals surface area contributed by atoms with Crippen LogP contribution in [0.5, 0.6) is 0 Å². The number of nitrogens with zero attached hydrogens (tertiary/aromatic N) is 1. The highest BCUT2D eigenvalue weighted by Gasteiger charge is 2.39. The van der Waals surface area contributed by atoms with Crippen LogP contribution in [0.2, 0.25) is 0 Å². The van der Waals surface area contributed by atoms with Crippen LogP contribution >= 0.6 is 0 Å². The Kier molecular flexibility index (Phi) is 11.5. The lowest BCUT2D eigenvalue weighted by molar-refractivity contribution is -0.159. The van der Waals surface area contributed by atoms with E-state index in [1.54, 1.807) is 0 Å². The summed E-state index contributed by atoms with van der Waals surface area (Å²) in [7, 11) is 0. The Bertz CT molecular complexity index is 1240. The van der Waals surface area contributed by atoms with E-state index in [4.69, 9.17) is 18.9 Å². The van der Waals surface area contributed by atoms with Gasteiger partial charge in [0.1, 0.15) is 6.10 Å². The number of hydrogen-bond donors (Lipinski definition) is 0. The van der Waals surface area contributed by atoms with Crippen molar-refractivity contribution in [3.63, 3.8) is 0 Å². The Morgan fingerprint density at radius 3 is 1.54 bits per heavy atom. The molecule has 214 valence electrons. The second kappa shape index (κ2) is 16.2. The Balaban J connectivity index is 1.28. The molecule has 5 rings (SSSR count). The highest BCUT2D eigenvalue weighted by molar-refractivity contribution is 5.16. The Morgan fingerprint density at radius 2 is 1.00 bits per heavy atom. The van der Waals surface area contributed by atoms with Gasteiger partial charge < -0.3 is 18.9 Å². The summed E-state index contributed by atoms with van der Waals surface area (Å²) in [6.07, 6.45) is 0.712. The SMILES string of the molecule is c1ccc(COCCN2CCC(OCc3ccccc3)C(OCc3ccccc3)C2COCc2ccccc2)cc1. The molecule has 1 aliphatic rings. The zero-order valence-electron chi connectivity index (χ0n) is 23.7. The molecule has 0 spiro atoms. The van der Waals surface area contributed by atoms with Gasteiger partial charge in [0.05, 0.1) is 51.8 Å². The number of likely N-dealkylation sites (tertiary alicyclic amines) is 1. The standard InChI is InChI=1S/C36H41NO4/c1-5-13-30(14-6-1)25-38-24-23-37-22-21-35(40-27-32-17-9-3-10-18-32)36(41-28-33-19-11-4-12-20-33)34(37)29-39-26-31-15-7-2-8-16-31/h1-20,34-36H,21-29H2. The van der Waals surface area contributed by atoms with Crippen LogP contribution < -0.4 is 0 Å². The summed E-state index contributed by atoms with van der Waals surface area (Å²) in [4.78, 5) is 2.47. The van der Waals surface area contributed by atoms with Crippen molar-refractivity contribution in [1.29, 1.82) is 0 Å². The number of benzene rings is 4. The molecule has 3 atom stereocenters. The quantitative estimate of drug-likeness (QED) is 0.154. The van der Waals surface area contributed by atoms with Crippen LogP contribution in [0.1, 0.15) is 28.7 Å². The Hall–Kier alpha value is -3.32. The molecule has 0 aliphatic carbocycles. The summed E-state index contributed by atoms with van der Waals surface area (Å²) in [5.41, 5.74) is 4.68. The second-order valence-corrected chi connectivity index (χ2v) is 10.5. The summed E-state index contributed by atoms with van der Waals surface area (Å²) in [5.74, 6) is 0. The molecule has 5 nitrogen and oxygen atoms in total. The van der Waals surface area contributed by atoms with Crippen LogP contribution in [0, 0.1) is 0 Å². The lowest BCUT2D eigenvalue weighted by Crippen LogP contribution is -2.58. The molecule has 0 bridgehead atoms. The topological polar surface area (TPSA) is 40.2 Å². The van der Waals surface area contributed by atoms with Crippen LogP contribution in [0.15, 0.2) is 121 Å². The first-order valence-electron chi connectivity index (χ1n) is 14.6. The fourth-order valence-electron chi connectivity index (χ4n) is 5.32. The molecule has 4 aromatic carbocycles. The number of hydrogen-bond acceptors (Lipinski definition) is 5. The van der Waals surface area contributed by atoms with Gasteiger partial charge in [-0.15, -0.1) is 0 Å². The normalized spacial score (nSPS) is 19.3. The molecule has 4 aromatic rings. The summed E-state index contributed by atoms with van der Waals surface area (Å²) >= 11 is 0. The minimum absolute atomic E-state index is 0.0364. The van der Waals surface area contributed by atoms with E-state index in [2.05, 4.69) is 89.8 Å². The van der Waals surface area contributed by atoms with E-state index in [9.17, 15) is 0 Å². The first kappa shape index (κ1) is 29.2. The third-order valence-electron chi connectivity index (χ3n) is 7.54. The van der Waals surface area contributed by atoms with Gasteiger partial charge in [-0.2, -0.15) is 0 Å². The van der Waals surface area contributed by atoms with Crippen molar-refractivity contribution in [2.75, 3.05) is 26.3 Å². The van der Waals surface area contributed by atoms with Gasteiger partial charge in [0.15, 0.2) is 0 Å². The molecule has 0 radical (unpaired) electrons. The molecule has 0 aromatic heterocycles. The van der Waals surface area contributed by atoms with Crippen LogP contribution in [-0.4, -0.2) is 49.5 Å². The maximum absolute atomic E-state index is 6.70. The number of piperidine rings is 1. The third kappa shape index (κ3) is 9.35. The van der Waals surface area contributed by atoms with E-state index in [0.717, 1.165) is 25.1 Å². The summed E-state index contributed by atoms with van der Waals surface area (Å²) < 4.78 is 25.7. The van der Waals surface area contributed by atoms with Crippen molar-refractivity contribution in [3.8, 4) is 0 Å². The van der Waals surface area contributed by atoms with E-state index in [1.165, 1.54) is 16.7 Å². The van der Waals surface area contributed by atoms with Crippen molar-refractivity contribution >= 4 is 0 Å². The van der Waals surface area contributed by atoms with E-state index < -0.39 is 0 Å². The molecule has 41 heavy (non-hydrogen) atoms. The van der Waals surface area contributed by atoms with Crippen molar-refractivity contribution in [2.24, 2.45) is 0 Å². The fraction of sp³-hybridized carbons (Fsp3) is 0.333. The van der Waals surface area contributed by atoms with Crippen LogP contribution in [-0.2, 0) is 45.4 Å². The van der Waals surface area contributed by atoms with E-state index >= 15 is 0 Å². The van der Waals surface area contributed by atoms with Gasteiger partial charge in [0, 0.05) is 13.1 Å². The average molecular weight is 552 g/mol. The molecule has 1 heterocycles. The maximum atomic E-state index is 6.70. The van der Waals surface area contributed by atoms with Gasteiger partial charge in [-0.25, -0.2) is 0 Å². The largest absolute Gasteiger partial charge is 0.375 e. The molecule has 1 saturated heterocycles. The Morgan fingerprint density at radius 1 is 0.537 bits per heavy atom. The van der Waals surface area contributed by atoms with E-state index in [-0.39, 0.29) is 18.2 Å². The van der Waals surface area contributed by atoms with Crippen LogP contribution in [0.25, 0.3) is 0 Å². The molecule has 1 aliphatic heterocycles. The average Bonchev–Trinajstić information content (AvgIpc) is 3.04. The van der Waals surface area contributed by atoms with Gasteiger partial charge in [-0.1, -0.05) is 121 Å². The number of ether oxygens (including phenoxy) is 4. The molecule has 0 N–H and O–H groups in total. The minimum atomic E-state index is -0.141. The highest BCUT2D eigenvalue weighted by Crippen LogP contribution is 2.26. The van der Waals surface area contributed by atoms with E-state index in [0.29, 0.717) is 39.6 Å². The first-order chi connectivity index (χ1) is 20.3. The first-order valence-corrected chi connectivity index (χ1v) is 14.6. The summed E-state index contributed by atoms with van der Waals surface area (Å²) in [6.45, 7) is 5.18. The van der Waals surface area contributed by atoms with Crippen LogP contribution in [0.4, 0.5) is 0 Å². The molecular formula is C36H41NO4. The zero-order chi connectivity index (χ0) is 28.0. The fourth-order valence-corrected chi connectivity index (χ4v) is 5.32. The lowest BCUT2D eigenvalue weighted by atomic mass is 9.95. The van der Waals surface area contributed by atoms with Crippen LogP contribution in [0.3, 0.4) is 0 Å². The second-order valence-electron chi connectivity index (χ2n) is 10.5. The van der Waals surface area contributed by atoms with Crippen molar-refractivity contribution in [1.82, 2.24) is 4.90 Å². The highest BCUT2D eigenvalue weighted by atomic mass is 16.5. The monoisotopic (exact) mass is 551 g/mol. The van der Waals surface area contributed by atoms with E-state index in [1.807, 2.05) is 36.4 Å². The molecular weight excluding hydrogens is 510 g/mol. The molecule has 0 saturated carbocycles. The van der Waals surface area contributed by atoms with Gasteiger partial charge in [-0.3, -0.25) is 4.90 Å². The minimum Gasteiger partial charge on any atom is -0.375 e. The predicted molar refractivity (Wildman–Crippen MR) is 162 cm³/mol. The summed E-state index contributed by atoms with van der Waals surface area (Å²) in [6, 6.07) is 41.4. The van der Waals surface area contributed by atoms with Gasteiger partial charge in [0.2, 0.25) is 0 Å². The third-order valence-corrected chi connectivity index (χ3v) is 7.54. The molecule has 1 fully saturated rings. The molecule has 3 unspecified atom stereocenters. The smallest absolute Gasteiger partial charge is 0.102 e. The molecule has 5 heteroatoms. The number of rotatable bonds is 15. The maximum Gasteiger partial charge on any atom is 0.102 e. The lowest BCUT2D eigenvalue weighted by Gasteiger charge is -2.45. The van der Waals surface area contributed by atoms with Gasteiger partial charge >= 0.3 is 0 Å². The Labute approximate surface area is 244 Å². The van der Waals surface area contributed by atoms with Gasteiger partial charge in [0.25, 0.3) is 0 Å². The molecule has 0 amide bonds. The summed E-state index contributed by atoms with van der Waals surface area (Å²) in [5, 5.41) is 0. The van der Waals surface area contributed by atoms with Gasteiger partial charge in [-0.05, 0) is 28.7 Å². The van der Waals surface area contributed by atoms with Crippen molar-refractivity contribution < 1.29 is 18.9 Å². The van der Waals surface area contributed by atoms with Crippen molar-refractivity contribution in [3.05, 3.63) is 144 Å². The predicted octanol–water partition coefficient (Wildman–Crippen LogP) is 6.67. The zero-order valence-corrected chi connectivity index (χ0v) is 23.7.